The summed E-state index contributed by atoms with van der Waals surface area (Å²) < 4.78 is 4.97. The molecule has 0 aromatic heterocycles. The van der Waals surface area contributed by atoms with Gasteiger partial charge in [0, 0.05) is 12.1 Å². The maximum absolute atomic E-state index is 11.8. The molecule has 4 nitrogen and oxygen atoms in total. The van der Waals surface area contributed by atoms with Crippen molar-refractivity contribution >= 4 is 28.9 Å². The van der Waals surface area contributed by atoms with E-state index in [4.69, 9.17) is 16.3 Å². The Bertz CT molecular complexity index is 485. The Morgan fingerprint density at radius 1 is 1.53 bits per heavy atom. The average molecular weight is 253 g/mol. The molecule has 90 valence electrons. The van der Waals surface area contributed by atoms with Crippen LogP contribution in [0.15, 0.2) is 23.3 Å². The molecule has 0 saturated carbocycles. The van der Waals surface area contributed by atoms with Gasteiger partial charge in [-0.25, -0.2) is 5.01 Å². The van der Waals surface area contributed by atoms with Crippen molar-refractivity contribution < 1.29 is 9.53 Å². The normalized spacial score (nSPS) is 15.4. The lowest BCUT2D eigenvalue weighted by molar-refractivity contribution is -0.116. The van der Waals surface area contributed by atoms with Crippen molar-refractivity contribution in [2.75, 3.05) is 18.7 Å². The van der Waals surface area contributed by atoms with Crippen LogP contribution >= 0.6 is 11.6 Å². The maximum Gasteiger partial charge on any atom is 0.253 e. The Morgan fingerprint density at radius 3 is 2.94 bits per heavy atom. The van der Waals surface area contributed by atoms with Gasteiger partial charge in [0.25, 0.3) is 5.91 Å². The molecule has 1 aliphatic heterocycles. The topological polar surface area (TPSA) is 41.9 Å². The molecular weight excluding hydrogens is 240 g/mol. The monoisotopic (exact) mass is 252 g/mol. The van der Waals surface area contributed by atoms with E-state index in [1.165, 1.54) is 5.01 Å². The number of benzene rings is 1. The standard InChI is InChI=1S/C12H13ClN2O2/c1-8-3-4-10(6-11(8)13)15-12(16)5-9(14-15)7-17-2/h3-4,6H,5,7H2,1-2H3. The SMILES string of the molecule is COCC1=NN(c2ccc(C)c(Cl)c2)C(=O)C1. The first kappa shape index (κ1) is 12.1. The van der Waals surface area contributed by atoms with Gasteiger partial charge in [-0.2, -0.15) is 5.10 Å². The predicted octanol–water partition coefficient (Wildman–Crippen LogP) is 2.39. The zero-order chi connectivity index (χ0) is 12.4. The molecule has 2 rings (SSSR count). The van der Waals surface area contributed by atoms with Crippen molar-refractivity contribution in [1.82, 2.24) is 0 Å². The number of carbonyl (C=O) groups is 1. The summed E-state index contributed by atoms with van der Waals surface area (Å²) in [6.07, 6.45) is 0.305. The van der Waals surface area contributed by atoms with E-state index in [-0.39, 0.29) is 5.91 Å². The minimum absolute atomic E-state index is 0.0584. The van der Waals surface area contributed by atoms with Gasteiger partial charge in [0.2, 0.25) is 0 Å². The fourth-order valence-electron chi connectivity index (χ4n) is 1.64. The van der Waals surface area contributed by atoms with Crippen molar-refractivity contribution in [3.05, 3.63) is 28.8 Å². The number of hydrogen-bond acceptors (Lipinski definition) is 3. The van der Waals surface area contributed by atoms with Gasteiger partial charge in [-0.1, -0.05) is 17.7 Å². The molecule has 0 N–H and O–H groups in total. The molecule has 0 bridgehead atoms. The highest BCUT2D eigenvalue weighted by molar-refractivity contribution is 6.31. The second-order valence-electron chi connectivity index (χ2n) is 3.92. The second-order valence-corrected chi connectivity index (χ2v) is 4.32. The summed E-state index contributed by atoms with van der Waals surface area (Å²) >= 11 is 6.03. The Morgan fingerprint density at radius 2 is 2.29 bits per heavy atom. The summed E-state index contributed by atoms with van der Waals surface area (Å²) in [4.78, 5) is 11.8. The molecule has 0 atom stereocenters. The first-order valence-corrected chi connectivity index (χ1v) is 5.64. The largest absolute Gasteiger partial charge is 0.379 e. The quantitative estimate of drug-likeness (QED) is 0.829. The van der Waals surface area contributed by atoms with Crippen molar-refractivity contribution in [3.8, 4) is 0 Å². The van der Waals surface area contributed by atoms with Crippen LogP contribution < -0.4 is 5.01 Å². The van der Waals surface area contributed by atoms with Crippen LogP contribution in [0.3, 0.4) is 0 Å². The minimum Gasteiger partial charge on any atom is -0.379 e. The molecule has 1 amide bonds. The smallest absolute Gasteiger partial charge is 0.253 e. The van der Waals surface area contributed by atoms with Crippen LogP contribution in [0.25, 0.3) is 0 Å². The van der Waals surface area contributed by atoms with Crippen LogP contribution in [0, 0.1) is 6.92 Å². The third kappa shape index (κ3) is 2.48. The van der Waals surface area contributed by atoms with Crippen molar-refractivity contribution in [2.24, 2.45) is 5.10 Å². The lowest BCUT2D eigenvalue weighted by Crippen LogP contribution is -2.19. The highest BCUT2D eigenvalue weighted by Gasteiger charge is 2.25. The fraction of sp³-hybridized carbons (Fsp3) is 0.333. The lowest BCUT2D eigenvalue weighted by atomic mass is 10.2. The van der Waals surface area contributed by atoms with Crippen molar-refractivity contribution in [1.29, 1.82) is 0 Å². The van der Waals surface area contributed by atoms with Crippen LogP contribution in [0.4, 0.5) is 5.69 Å². The van der Waals surface area contributed by atoms with E-state index in [1.807, 2.05) is 19.1 Å². The Kier molecular flexibility index (Phi) is 3.45. The Hall–Kier alpha value is -1.39. The van der Waals surface area contributed by atoms with Gasteiger partial charge in [-0.05, 0) is 24.6 Å². The third-order valence-corrected chi connectivity index (χ3v) is 2.95. The molecule has 5 heteroatoms. The van der Waals surface area contributed by atoms with E-state index in [2.05, 4.69) is 5.10 Å². The zero-order valence-electron chi connectivity index (χ0n) is 9.74. The molecule has 0 unspecified atom stereocenters. The van der Waals surface area contributed by atoms with E-state index in [1.54, 1.807) is 13.2 Å². The first-order chi connectivity index (χ1) is 8.11. The number of carbonyl (C=O) groups excluding carboxylic acids is 1. The number of hydrogen-bond donors (Lipinski definition) is 0. The van der Waals surface area contributed by atoms with Gasteiger partial charge in [0.15, 0.2) is 0 Å². The van der Waals surface area contributed by atoms with Gasteiger partial charge >= 0.3 is 0 Å². The number of rotatable bonds is 3. The molecule has 0 aliphatic carbocycles. The molecule has 1 aromatic rings. The molecule has 0 radical (unpaired) electrons. The number of amides is 1. The first-order valence-electron chi connectivity index (χ1n) is 5.26. The summed E-state index contributed by atoms with van der Waals surface area (Å²) in [5.41, 5.74) is 2.40. The molecule has 17 heavy (non-hydrogen) atoms. The van der Waals surface area contributed by atoms with E-state index in [0.717, 1.165) is 11.3 Å². The molecule has 1 heterocycles. The summed E-state index contributed by atoms with van der Waals surface area (Å²) in [5.74, 6) is -0.0584. The second kappa shape index (κ2) is 4.85. The highest BCUT2D eigenvalue weighted by Crippen LogP contribution is 2.26. The van der Waals surface area contributed by atoms with Gasteiger partial charge in [0.1, 0.15) is 0 Å². The Balaban J connectivity index is 2.27. The summed E-state index contributed by atoms with van der Waals surface area (Å²) in [6.45, 7) is 2.29. The predicted molar refractivity (Wildman–Crippen MR) is 67.6 cm³/mol. The van der Waals surface area contributed by atoms with Gasteiger partial charge in [0.05, 0.1) is 24.4 Å². The highest BCUT2D eigenvalue weighted by atomic mass is 35.5. The number of anilines is 1. The minimum atomic E-state index is -0.0584. The molecule has 0 saturated heterocycles. The summed E-state index contributed by atoms with van der Waals surface area (Å²) in [5, 5.41) is 6.22. The van der Waals surface area contributed by atoms with Gasteiger partial charge in [-0.3, -0.25) is 4.79 Å². The number of aryl methyl sites for hydroxylation is 1. The Labute approximate surface area is 105 Å². The summed E-state index contributed by atoms with van der Waals surface area (Å²) in [6, 6.07) is 5.45. The van der Waals surface area contributed by atoms with Crippen LogP contribution in [0.2, 0.25) is 5.02 Å². The van der Waals surface area contributed by atoms with E-state index in [0.29, 0.717) is 23.7 Å². The third-order valence-electron chi connectivity index (χ3n) is 2.54. The number of nitrogens with zero attached hydrogens (tertiary/aromatic N) is 2. The average Bonchev–Trinajstić information content (AvgIpc) is 2.64. The van der Waals surface area contributed by atoms with Crippen molar-refractivity contribution in [3.63, 3.8) is 0 Å². The van der Waals surface area contributed by atoms with Crippen molar-refractivity contribution in [2.45, 2.75) is 13.3 Å². The van der Waals surface area contributed by atoms with E-state index < -0.39 is 0 Å². The van der Waals surface area contributed by atoms with Gasteiger partial charge < -0.3 is 4.74 Å². The molecule has 0 fully saturated rings. The van der Waals surface area contributed by atoms with Crippen LogP contribution in [-0.4, -0.2) is 25.3 Å². The van der Waals surface area contributed by atoms with Gasteiger partial charge in [-0.15, -0.1) is 0 Å². The number of halogens is 1. The number of methoxy groups -OCH3 is 1. The molecule has 1 aliphatic rings. The maximum atomic E-state index is 11.8. The van der Waals surface area contributed by atoms with Crippen LogP contribution in [-0.2, 0) is 9.53 Å². The molecular formula is C12H13ClN2O2. The van der Waals surface area contributed by atoms with Crippen LogP contribution in [0.1, 0.15) is 12.0 Å². The fourth-order valence-corrected chi connectivity index (χ4v) is 1.82. The van der Waals surface area contributed by atoms with E-state index in [9.17, 15) is 4.79 Å². The van der Waals surface area contributed by atoms with E-state index >= 15 is 0 Å². The molecule has 1 aromatic carbocycles. The zero-order valence-corrected chi connectivity index (χ0v) is 10.5. The van der Waals surface area contributed by atoms with Crippen LogP contribution in [0.5, 0.6) is 0 Å². The number of hydrazone groups is 1. The lowest BCUT2D eigenvalue weighted by Gasteiger charge is -2.12. The number of ether oxygens (including phenoxy) is 1. The summed E-state index contributed by atoms with van der Waals surface area (Å²) in [7, 11) is 1.58. The molecule has 0 spiro atoms.